The summed E-state index contributed by atoms with van der Waals surface area (Å²) in [5.41, 5.74) is 0. The Balaban J connectivity index is 2.06. The number of hydrogen-bond acceptors (Lipinski definition) is 3. The fraction of sp³-hybridized carbons (Fsp3) is 0.824. The minimum atomic E-state index is -0.0361. The second-order valence-electron chi connectivity index (χ2n) is 6.40. The molecule has 3 nitrogen and oxygen atoms in total. The van der Waals surface area contributed by atoms with Crippen LogP contribution >= 0.6 is 0 Å². The van der Waals surface area contributed by atoms with Gasteiger partial charge in [0.15, 0.2) is 0 Å². The number of carbonyl (C=O) groups is 3. The number of hydrogen-bond donors (Lipinski definition) is 0. The lowest BCUT2D eigenvalue weighted by Crippen LogP contribution is -2.44. The van der Waals surface area contributed by atoms with Crippen LogP contribution in [0.1, 0.15) is 65.2 Å². The number of fused-ring (bicyclic) bond motifs is 1. The van der Waals surface area contributed by atoms with Gasteiger partial charge in [0.1, 0.15) is 17.3 Å². The summed E-state index contributed by atoms with van der Waals surface area (Å²) in [6.07, 6.45) is 5.85. The van der Waals surface area contributed by atoms with Gasteiger partial charge in [0, 0.05) is 37.0 Å². The summed E-state index contributed by atoms with van der Waals surface area (Å²) in [6.45, 7) is 3.94. The van der Waals surface area contributed by atoms with Gasteiger partial charge >= 0.3 is 0 Å². The monoisotopic (exact) mass is 278 g/mol. The van der Waals surface area contributed by atoms with Crippen molar-refractivity contribution >= 4 is 17.3 Å². The highest BCUT2D eigenvalue weighted by molar-refractivity contribution is 5.90. The first-order chi connectivity index (χ1) is 9.58. The lowest BCUT2D eigenvalue weighted by atomic mass is 9.60. The number of Topliss-reactive ketones (excluding diaryl/α,β-unsaturated/α-hetero) is 3. The molecule has 0 aliphatic heterocycles. The Bertz CT molecular complexity index is 399. The van der Waals surface area contributed by atoms with Crippen molar-refractivity contribution in [2.75, 3.05) is 0 Å². The zero-order chi connectivity index (χ0) is 14.7. The molecule has 0 aromatic heterocycles. The van der Waals surface area contributed by atoms with Crippen molar-refractivity contribution in [3.63, 3.8) is 0 Å². The zero-order valence-corrected chi connectivity index (χ0v) is 12.7. The van der Waals surface area contributed by atoms with E-state index >= 15 is 0 Å². The van der Waals surface area contributed by atoms with E-state index in [2.05, 4.69) is 6.92 Å². The molecule has 2 rings (SSSR count). The number of carbonyl (C=O) groups excluding carboxylic acids is 3. The molecule has 4 atom stereocenters. The van der Waals surface area contributed by atoms with Crippen LogP contribution < -0.4 is 0 Å². The van der Waals surface area contributed by atoms with Crippen LogP contribution in [-0.4, -0.2) is 17.3 Å². The Morgan fingerprint density at radius 1 is 1.15 bits per heavy atom. The predicted octanol–water partition coefficient (Wildman–Crippen LogP) is 3.35. The molecule has 3 heteroatoms. The topological polar surface area (TPSA) is 51.2 Å². The van der Waals surface area contributed by atoms with E-state index < -0.39 is 0 Å². The van der Waals surface area contributed by atoms with Gasteiger partial charge in [0.05, 0.1) is 0 Å². The summed E-state index contributed by atoms with van der Waals surface area (Å²) in [6, 6.07) is 0. The molecule has 2 unspecified atom stereocenters. The van der Waals surface area contributed by atoms with Crippen molar-refractivity contribution in [1.29, 1.82) is 0 Å². The van der Waals surface area contributed by atoms with Gasteiger partial charge in [-0.1, -0.05) is 13.8 Å². The summed E-state index contributed by atoms with van der Waals surface area (Å²) in [5, 5.41) is 0. The van der Waals surface area contributed by atoms with Gasteiger partial charge in [-0.3, -0.25) is 14.4 Å². The minimum absolute atomic E-state index is 0.0361. The van der Waals surface area contributed by atoms with E-state index in [4.69, 9.17) is 0 Å². The maximum atomic E-state index is 12.5. The van der Waals surface area contributed by atoms with E-state index in [1.165, 1.54) is 0 Å². The molecule has 0 radical (unpaired) electrons. The molecule has 2 fully saturated rings. The van der Waals surface area contributed by atoms with E-state index in [0.29, 0.717) is 31.5 Å². The van der Waals surface area contributed by atoms with Crippen LogP contribution in [0, 0.1) is 23.7 Å². The highest BCUT2D eigenvalue weighted by atomic mass is 16.1. The van der Waals surface area contributed by atoms with Gasteiger partial charge in [0.2, 0.25) is 0 Å². The van der Waals surface area contributed by atoms with E-state index in [-0.39, 0.29) is 35.2 Å². The van der Waals surface area contributed by atoms with Crippen LogP contribution in [0.3, 0.4) is 0 Å². The highest BCUT2D eigenvalue weighted by Crippen LogP contribution is 2.44. The molecular formula is C17H26O3. The van der Waals surface area contributed by atoms with Gasteiger partial charge in [-0.25, -0.2) is 0 Å². The zero-order valence-electron chi connectivity index (χ0n) is 12.7. The molecule has 112 valence electrons. The van der Waals surface area contributed by atoms with Crippen molar-refractivity contribution in [3.8, 4) is 0 Å². The van der Waals surface area contributed by atoms with Crippen molar-refractivity contribution in [2.45, 2.75) is 65.2 Å². The largest absolute Gasteiger partial charge is 0.300 e. The molecule has 0 heterocycles. The maximum Gasteiger partial charge on any atom is 0.139 e. The lowest BCUT2D eigenvalue weighted by molar-refractivity contribution is -0.140. The summed E-state index contributed by atoms with van der Waals surface area (Å²) >= 11 is 0. The van der Waals surface area contributed by atoms with Crippen molar-refractivity contribution in [3.05, 3.63) is 0 Å². The summed E-state index contributed by atoms with van der Waals surface area (Å²) in [5.74, 6) is 1.40. The van der Waals surface area contributed by atoms with Crippen LogP contribution in [0.5, 0.6) is 0 Å². The second kappa shape index (κ2) is 6.64. The minimum Gasteiger partial charge on any atom is -0.300 e. The summed E-state index contributed by atoms with van der Waals surface area (Å²) < 4.78 is 0. The van der Waals surface area contributed by atoms with Crippen molar-refractivity contribution in [2.24, 2.45) is 23.7 Å². The van der Waals surface area contributed by atoms with Crippen LogP contribution in [-0.2, 0) is 14.4 Å². The molecule has 0 saturated heterocycles. The first-order valence-electron chi connectivity index (χ1n) is 8.16. The molecule has 2 aliphatic rings. The predicted molar refractivity (Wildman–Crippen MR) is 77.3 cm³/mol. The van der Waals surface area contributed by atoms with E-state index in [9.17, 15) is 14.4 Å². The van der Waals surface area contributed by atoms with Crippen LogP contribution in [0.25, 0.3) is 0 Å². The van der Waals surface area contributed by atoms with Crippen molar-refractivity contribution in [1.82, 2.24) is 0 Å². The van der Waals surface area contributed by atoms with E-state index in [0.717, 1.165) is 25.7 Å². The molecule has 0 N–H and O–H groups in total. The third kappa shape index (κ3) is 3.02. The Morgan fingerprint density at radius 2 is 1.90 bits per heavy atom. The quantitative estimate of drug-likeness (QED) is 0.775. The Morgan fingerprint density at radius 3 is 2.55 bits per heavy atom. The van der Waals surface area contributed by atoms with E-state index in [1.54, 1.807) is 0 Å². The van der Waals surface area contributed by atoms with Gasteiger partial charge in [0.25, 0.3) is 0 Å². The highest BCUT2D eigenvalue weighted by Gasteiger charge is 2.45. The number of rotatable bonds is 5. The first-order valence-corrected chi connectivity index (χ1v) is 8.16. The molecular weight excluding hydrogens is 252 g/mol. The Hall–Kier alpha value is -0.990. The SMILES string of the molecule is CCC(=O)CCC1C(=O)CCC2C(=O)[C@H](CC)CC[C@H]12. The van der Waals surface area contributed by atoms with Crippen LogP contribution in [0.15, 0.2) is 0 Å². The smallest absolute Gasteiger partial charge is 0.139 e. The molecule has 0 aromatic rings. The molecule has 0 aromatic carbocycles. The third-order valence-electron chi connectivity index (χ3n) is 5.39. The fourth-order valence-corrected chi connectivity index (χ4v) is 4.08. The maximum absolute atomic E-state index is 12.5. The summed E-state index contributed by atoms with van der Waals surface area (Å²) in [4.78, 5) is 36.1. The average Bonchev–Trinajstić information content (AvgIpc) is 2.46. The van der Waals surface area contributed by atoms with Gasteiger partial charge in [-0.15, -0.1) is 0 Å². The molecule has 2 aliphatic carbocycles. The van der Waals surface area contributed by atoms with Gasteiger partial charge in [-0.2, -0.15) is 0 Å². The van der Waals surface area contributed by atoms with Crippen LogP contribution in [0.2, 0.25) is 0 Å². The van der Waals surface area contributed by atoms with Gasteiger partial charge < -0.3 is 0 Å². The Kier molecular flexibility index (Phi) is 5.11. The lowest BCUT2D eigenvalue weighted by Gasteiger charge is -2.42. The van der Waals surface area contributed by atoms with E-state index in [1.807, 2.05) is 6.92 Å². The standard InChI is InChI=1S/C17H26O3/c1-3-11-5-7-13-14(8-6-12(18)4-2)16(19)10-9-15(13)17(11)20/h11,13-15H,3-10H2,1-2H3/t11-,13-,14?,15?/m1/s1. The van der Waals surface area contributed by atoms with Crippen molar-refractivity contribution < 1.29 is 14.4 Å². The molecule has 0 bridgehead atoms. The number of ketones is 3. The average molecular weight is 278 g/mol. The van der Waals surface area contributed by atoms with Crippen LogP contribution in [0.4, 0.5) is 0 Å². The normalized spacial score (nSPS) is 33.9. The Labute approximate surface area is 121 Å². The molecule has 0 amide bonds. The first kappa shape index (κ1) is 15.4. The second-order valence-corrected chi connectivity index (χ2v) is 6.40. The molecule has 0 spiro atoms. The van der Waals surface area contributed by atoms with Gasteiger partial charge in [-0.05, 0) is 38.0 Å². The molecule has 20 heavy (non-hydrogen) atoms. The molecule has 2 saturated carbocycles. The fourth-order valence-electron chi connectivity index (χ4n) is 4.08. The third-order valence-corrected chi connectivity index (χ3v) is 5.39. The summed E-state index contributed by atoms with van der Waals surface area (Å²) in [7, 11) is 0.